The van der Waals surface area contributed by atoms with Crippen LogP contribution in [0.25, 0.3) is 20.7 Å². The molecule has 4 aromatic heterocycles. The number of hydrogen-bond donors (Lipinski definition) is 1. The first-order valence-electron chi connectivity index (χ1n) is 14.2. The van der Waals surface area contributed by atoms with Crippen molar-refractivity contribution in [2.45, 2.75) is 78.0 Å². The molecule has 0 saturated carbocycles. The van der Waals surface area contributed by atoms with Gasteiger partial charge >= 0.3 is 9.75 Å². The van der Waals surface area contributed by atoms with Crippen LogP contribution in [0.2, 0.25) is 5.15 Å². The lowest BCUT2D eigenvalue weighted by atomic mass is 10.0. The fourth-order valence-corrected chi connectivity index (χ4v) is 7.46. The molecule has 2 fully saturated rings. The Hall–Kier alpha value is -2.98. The number of halogens is 1. The summed E-state index contributed by atoms with van der Waals surface area (Å²) < 4.78 is 16.5. The standard InChI is InChI=1S/C15H20ClN5O2S.C12H16N4O2S/c1-5-9-8(2)6-10(23-9)21-13-11(24-15(21)22)12(16)18-14(19-13)17-7-20(3)4;1-3-7-6(2)4-9(18-7)16-10-8(19-12(16)17)5-14-11(13)15-10/h7-10H,5-6H2,1-4H3;5-7,9H,3-4H2,1-2H3,(H2,13,14,15)/t8-,9+,10+;6-,7+,9+/m00/s1. The smallest absolute Gasteiger partial charge is 0.311 e. The van der Waals surface area contributed by atoms with Crippen molar-refractivity contribution in [3.63, 3.8) is 0 Å². The number of nitrogens with zero attached hydrogens (tertiary/aromatic N) is 8. The van der Waals surface area contributed by atoms with Crippen molar-refractivity contribution in [1.29, 1.82) is 0 Å². The van der Waals surface area contributed by atoms with Crippen molar-refractivity contribution in [3.05, 3.63) is 30.7 Å². The lowest BCUT2D eigenvalue weighted by molar-refractivity contribution is -0.00404. The molecule has 2 aliphatic rings. The normalized spacial score (nSPS) is 25.6. The number of anilines is 1. The van der Waals surface area contributed by atoms with E-state index < -0.39 is 0 Å². The molecule has 2 N–H and O–H groups in total. The van der Waals surface area contributed by atoms with Crippen LogP contribution in [0.15, 0.2) is 20.8 Å². The molecule has 0 radical (unpaired) electrons. The molecule has 16 heteroatoms. The van der Waals surface area contributed by atoms with E-state index in [9.17, 15) is 9.59 Å². The fraction of sp³-hybridized carbons (Fsp3) is 0.593. The first-order chi connectivity index (χ1) is 20.5. The molecule has 6 heterocycles. The van der Waals surface area contributed by atoms with E-state index in [2.05, 4.69) is 52.6 Å². The van der Waals surface area contributed by atoms with Gasteiger partial charge in [-0.15, -0.1) is 0 Å². The number of nitrogen functional groups attached to an aromatic ring is 1. The maximum Gasteiger partial charge on any atom is 0.311 e. The van der Waals surface area contributed by atoms with Gasteiger partial charge in [-0.1, -0.05) is 62.0 Å². The Balaban J connectivity index is 0.000000176. The molecule has 13 nitrogen and oxygen atoms in total. The Morgan fingerprint density at radius 2 is 1.58 bits per heavy atom. The number of fused-ring (bicyclic) bond motifs is 2. The predicted molar refractivity (Wildman–Crippen MR) is 171 cm³/mol. The van der Waals surface area contributed by atoms with Gasteiger partial charge in [0.05, 0.1) is 29.4 Å². The summed E-state index contributed by atoms with van der Waals surface area (Å²) in [5.41, 5.74) is 6.68. The minimum atomic E-state index is -0.317. The number of nitrogens with two attached hydrogens (primary N) is 1. The molecule has 0 aliphatic carbocycles. The highest BCUT2D eigenvalue weighted by atomic mass is 35.5. The van der Waals surface area contributed by atoms with Gasteiger partial charge in [0.1, 0.15) is 17.2 Å². The summed E-state index contributed by atoms with van der Waals surface area (Å²) in [5, 5.41) is 0.241. The van der Waals surface area contributed by atoms with E-state index in [-0.39, 0.29) is 51.5 Å². The molecule has 6 rings (SSSR count). The first kappa shape index (κ1) is 31.4. The van der Waals surface area contributed by atoms with E-state index in [0.29, 0.717) is 27.8 Å². The third kappa shape index (κ3) is 6.45. The van der Waals surface area contributed by atoms with Crippen LogP contribution in [0.1, 0.15) is 65.8 Å². The first-order valence-corrected chi connectivity index (χ1v) is 16.2. The summed E-state index contributed by atoms with van der Waals surface area (Å²) in [5.74, 6) is 1.24. The van der Waals surface area contributed by atoms with Gasteiger partial charge in [-0.05, 0) is 37.5 Å². The molecule has 0 spiro atoms. The van der Waals surface area contributed by atoms with E-state index in [1.165, 1.54) is 0 Å². The summed E-state index contributed by atoms with van der Waals surface area (Å²) >= 11 is 8.41. The van der Waals surface area contributed by atoms with Crippen molar-refractivity contribution in [1.82, 2.24) is 34.0 Å². The zero-order valence-electron chi connectivity index (χ0n) is 24.9. The van der Waals surface area contributed by atoms with Gasteiger partial charge < -0.3 is 20.1 Å². The van der Waals surface area contributed by atoms with Crippen LogP contribution in [0.5, 0.6) is 0 Å². The number of rotatable bonds is 6. The van der Waals surface area contributed by atoms with E-state index in [1.807, 2.05) is 14.1 Å². The van der Waals surface area contributed by atoms with Crippen LogP contribution < -0.4 is 15.5 Å². The number of hydrogen-bond acceptors (Lipinski definition) is 12. The van der Waals surface area contributed by atoms with Gasteiger partial charge in [-0.2, -0.15) is 15.0 Å². The monoisotopic (exact) mass is 649 g/mol. The summed E-state index contributed by atoms with van der Waals surface area (Å²) in [6, 6.07) is 0. The highest BCUT2D eigenvalue weighted by molar-refractivity contribution is 7.17. The third-order valence-electron chi connectivity index (χ3n) is 7.65. The van der Waals surface area contributed by atoms with Crippen LogP contribution in [-0.4, -0.2) is 66.6 Å². The number of thiazole rings is 2. The average Bonchev–Trinajstić information content (AvgIpc) is 3.69. The van der Waals surface area contributed by atoms with Crippen LogP contribution in [0.3, 0.4) is 0 Å². The van der Waals surface area contributed by atoms with Crippen molar-refractivity contribution in [2.24, 2.45) is 16.8 Å². The van der Waals surface area contributed by atoms with Crippen molar-refractivity contribution in [3.8, 4) is 0 Å². The molecular formula is C27H36ClN9O4S2. The zero-order chi connectivity index (χ0) is 31.0. The second kappa shape index (κ2) is 12.9. The van der Waals surface area contributed by atoms with Gasteiger partial charge in [0.25, 0.3) is 5.95 Å². The third-order valence-corrected chi connectivity index (χ3v) is 9.87. The summed E-state index contributed by atoms with van der Waals surface area (Å²) in [7, 11) is 3.70. The minimum absolute atomic E-state index is 0.0659. The molecule has 2 saturated heterocycles. The Labute approximate surface area is 261 Å². The molecule has 0 aromatic carbocycles. The average molecular weight is 650 g/mol. The Kier molecular flexibility index (Phi) is 9.46. The molecule has 2 aliphatic heterocycles. The number of aliphatic imine (C=N–C) groups is 1. The quantitative estimate of drug-likeness (QED) is 0.174. The second-order valence-corrected chi connectivity index (χ2v) is 13.4. The molecule has 0 amide bonds. The van der Waals surface area contributed by atoms with E-state index in [1.54, 1.807) is 26.6 Å². The lowest BCUT2D eigenvalue weighted by Gasteiger charge is -2.14. The molecule has 6 atom stereocenters. The highest BCUT2D eigenvalue weighted by Gasteiger charge is 2.35. The van der Waals surface area contributed by atoms with Crippen LogP contribution in [0, 0.1) is 11.8 Å². The Morgan fingerprint density at radius 1 is 1.00 bits per heavy atom. The Bertz CT molecular complexity index is 1750. The fourth-order valence-electron chi connectivity index (χ4n) is 5.51. The molecular weight excluding hydrogens is 614 g/mol. The Morgan fingerprint density at radius 3 is 2.14 bits per heavy atom. The summed E-state index contributed by atoms with van der Waals surface area (Å²) in [6.07, 6.45) is 6.46. The molecule has 0 unspecified atom stereocenters. The topological polar surface area (TPSA) is 156 Å². The maximum atomic E-state index is 12.5. The van der Waals surface area contributed by atoms with Crippen molar-refractivity contribution < 1.29 is 9.47 Å². The molecule has 43 heavy (non-hydrogen) atoms. The number of ether oxygens (including phenoxy) is 2. The van der Waals surface area contributed by atoms with E-state index in [4.69, 9.17) is 26.8 Å². The van der Waals surface area contributed by atoms with Gasteiger partial charge in [-0.3, -0.25) is 18.7 Å². The molecule has 4 aromatic rings. The largest absolute Gasteiger partial charge is 0.369 e. The van der Waals surface area contributed by atoms with E-state index in [0.717, 1.165) is 53.1 Å². The molecule has 232 valence electrons. The van der Waals surface area contributed by atoms with Crippen LogP contribution in [0.4, 0.5) is 11.9 Å². The lowest BCUT2D eigenvalue weighted by Crippen LogP contribution is -2.20. The highest BCUT2D eigenvalue weighted by Crippen LogP contribution is 2.38. The minimum Gasteiger partial charge on any atom is -0.369 e. The number of aromatic nitrogens is 6. The SMILES string of the molecule is CC[C@H]1O[C@@H](n2c(=O)sc3c(Cl)nc(N=CN(C)C)nc32)C[C@@H]1C.CC[C@H]1O[C@@H](n2c(=O)sc3cnc(N)nc32)C[C@@H]1C. The summed E-state index contributed by atoms with van der Waals surface area (Å²) in [6.45, 7) is 8.48. The van der Waals surface area contributed by atoms with E-state index >= 15 is 0 Å². The molecule has 0 bridgehead atoms. The predicted octanol–water partition coefficient (Wildman–Crippen LogP) is 4.83. The maximum absolute atomic E-state index is 12.5. The van der Waals surface area contributed by atoms with Gasteiger partial charge in [0.15, 0.2) is 16.4 Å². The van der Waals surface area contributed by atoms with Gasteiger partial charge in [0, 0.05) is 14.1 Å². The zero-order valence-corrected chi connectivity index (χ0v) is 27.3. The van der Waals surface area contributed by atoms with Gasteiger partial charge in [-0.25, -0.2) is 9.98 Å². The van der Waals surface area contributed by atoms with Crippen LogP contribution >= 0.6 is 34.3 Å². The van der Waals surface area contributed by atoms with Gasteiger partial charge in [0.2, 0.25) is 5.95 Å². The van der Waals surface area contributed by atoms with Crippen LogP contribution in [-0.2, 0) is 9.47 Å². The van der Waals surface area contributed by atoms with Crippen molar-refractivity contribution in [2.75, 3.05) is 19.8 Å². The van der Waals surface area contributed by atoms with Crippen molar-refractivity contribution >= 4 is 73.2 Å². The summed E-state index contributed by atoms with van der Waals surface area (Å²) in [4.78, 5) is 47.0. The second-order valence-electron chi connectivity index (χ2n) is 11.1.